The van der Waals surface area contributed by atoms with E-state index in [0.717, 1.165) is 0 Å². The minimum absolute atomic E-state index is 0.207. The van der Waals surface area contributed by atoms with E-state index >= 15 is 0 Å². The van der Waals surface area contributed by atoms with Gasteiger partial charge in [-0.15, -0.1) is 0 Å². The molecule has 0 spiro atoms. The molecule has 1 unspecified atom stereocenters. The number of carbonyl (C=O) groups is 1. The van der Waals surface area contributed by atoms with Crippen LogP contribution in [0.25, 0.3) is 0 Å². The topological polar surface area (TPSA) is 72.7 Å². The van der Waals surface area contributed by atoms with Crippen LogP contribution in [0.3, 0.4) is 0 Å². The number of halogens is 3. The van der Waals surface area contributed by atoms with Crippen molar-refractivity contribution < 1.29 is 23.2 Å². The summed E-state index contributed by atoms with van der Waals surface area (Å²) in [6.07, 6.45) is 0. The minimum atomic E-state index is -1.33. The first-order chi connectivity index (χ1) is 9.95. The Labute approximate surface area is 127 Å². The first kappa shape index (κ1) is 15.8. The van der Waals surface area contributed by atoms with Crippen molar-refractivity contribution in [3.8, 4) is 0 Å². The van der Waals surface area contributed by atoms with Crippen LogP contribution < -0.4 is 0 Å². The molecule has 9 heteroatoms. The zero-order valence-electron chi connectivity index (χ0n) is 10.7. The monoisotopic (exact) mass is 364 g/mol. The van der Waals surface area contributed by atoms with Crippen molar-refractivity contribution in [2.24, 2.45) is 0 Å². The highest BCUT2D eigenvalue weighted by atomic mass is 79.9. The van der Waals surface area contributed by atoms with E-state index in [0.29, 0.717) is 17.5 Å². The summed E-state index contributed by atoms with van der Waals surface area (Å²) >= 11 is 3.21. The van der Waals surface area contributed by atoms with Gasteiger partial charge in [0.2, 0.25) is 5.82 Å². The van der Waals surface area contributed by atoms with Crippen LogP contribution in [0.2, 0.25) is 0 Å². The summed E-state index contributed by atoms with van der Waals surface area (Å²) in [4.78, 5) is 23.3. The van der Waals surface area contributed by atoms with Gasteiger partial charge in [0, 0.05) is 11.9 Å². The molecule has 1 aliphatic rings. The van der Waals surface area contributed by atoms with Crippen LogP contribution in [-0.4, -0.2) is 46.9 Å². The number of nitrogens with zero attached hydrogens (tertiary/aromatic N) is 2. The first-order valence-electron chi connectivity index (χ1n) is 6.03. The Kier molecular flexibility index (Phi) is 4.84. The lowest BCUT2D eigenvalue weighted by molar-refractivity contribution is -0.387. The van der Waals surface area contributed by atoms with E-state index in [2.05, 4.69) is 15.9 Å². The molecule has 0 N–H and O–H groups in total. The van der Waals surface area contributed by atoms with Crippen molar-refractivity contribution in [3.63, 3.8) is 0 Å². The number of hydrogen-bond acceptors (Lipinski definition) is 4. The lowest BCUT2D eigenvalue weighted by Crippen LogP contribution is -2.49. The Bertz CT molecular complexity index is 585. The van der Waals surface area contributed by atoms with Gasteiger partial charge in [-0.25, -0.2) is 4.39 Å². The third-order valence-electron chi connectivity index (χ3n) is 3.11. The smallest absolute Gasteiger partial charge is 0.308 e. The van der Waals surface area contributed by atoms with Gasteiger partial charge in [-0.1, -0.05) is 15.9 Å². The summed E-state index contributed by atoms with van der Waals surface area (Å²) in [7, 11) is 0. The second kappa shape index (κ2) is 6.44. The molecule has 1 aliphatic heterocycles. The van der Waals surface area contributed by atoms with Gasteiger partial charge in [0.15, 0.2) is 0 Å². The van der Waals surface area contributed by atoms with Crippen molar-refractivity contribution in [1.29, 1.82) is 0 Å². The van der Waals surface area contributed by atoms with Crippen LogP contribution in [0.1, 0.15) is 10.4 Å². The van der Waals surface area contributed by atoms with E-state index < -0.39 is 33.7 Å². The van der Waals surface area contributed by atoms with Gasteiger partial charge in [0.1, 0.15) is 5.82 Å². The molecule has 0 aliphatic carbocycles. The predicted molar refractivity (Wildman–Crippen MR) is 72.4 cm³/mol. The molecule has 1 aromatic carbocycles. The SMILES string of the molecule is O=C(c1cc(F)cc([N+](=O)[O-])c1F)N1CCOCC1CBr. The van der Waals surface area contributed by atoms with Gasteiger partial charge in [-0.3, -0.25) is 14.9 Å². The van der Waals surface area contributed by atoms with Gasteiger partial charge in [-0.2, -0.15) is 4.39 Å². The summed E-state index contributed by atoms with van der Waals surface area (Å²) in [5, 5.41) is 11.1. The Morgan fingerprint density at radius 1 is 1.52 bits per heavy atom. The van der Waals surface area contributed by atoms with Crippen molar-refractivity contribution in [1.82, 2.24) is 4.90 Å². The molecule has 1 fully saturated rings. The molecule has 6 nitrogen and oxygen atoms in total. The molecular formula is C12H11BrF2N2O4. The Balaban J connectivity index is 2.41. The molecule has 0 radical (unpaired) electrons. The van der Waals surface area contributed by atoms with Gasteiger partial charge in [-0.05, 0) is 6.07 Å². The summed E-state index contributed by atoms with van der Waals surface area (Å²) < 4.78 is 32.6. The number of rotatable bonds is 3. The fraction of sp³-hybridized carbons (Fsp3) is 0.417. The zero-order chi connectivity index (χ0) is 15.6. The van der Waals surface area contributed by atoms with Crippen molar-refractivity contribution in [2.75, 3.05) is 25.1 Å². The first-order valence-corrected chi connectivity index (χ1v) is 7.16. The molecule has 114 valence electrons. The minimum Gasteiger partial charge on any atom is -0.377 e. The molecule has 2 rings (SSSR count). The van der Waals surface area contributed by atoms with Crippen molar-refractivity contribution in [3.05, 3.63) is 39.4 Å². The highest BCUT2D eigenvalue weighted by Gasteiger charge is 2.32. The number of benzene rings is 1. The maximum Gasteiger partial charge on any atom is 0.308 e. The number of carbonyl (C=O) groups excluding carboxylic acids is 1. The second-order valence-corrected chi connectivity index (χ2v) is 5.07. The van der Waals surface area contributed by atoms with E-state index in [-0.39, 0.29) is 25.8 Å². The number of nitro groups is 1. The van der Waals surface area contributed by atoms with Gasteiger partial charge < -0.3 is 9.64 Å². The van der Waals surface area contributed by atoms with Gasteiger partial charge in [0.25, 0.3) is 5.91 Å². The van der Waals surface area contributed by atoms with Crippen LogP contribution in [0.4, 0.5) is 14.5 Å². The van der Waals surface area contributed by atoms with Crippen LogP contribution in [0.15, 0.2) is 12.1 Å². The average molecular weight is 365 g/mol. The Morgan fingerprint density at radius 3 is 2.86 bits per heavy atom. The number of morpholine rings is 1. The molecule has 0 bridgehead atoms. The summed E-state index contributed by atoms with van der Waals surface area (Å²) in [6.45, 7) is 0.739. The summed E-state index contributed by atoms with van der Waals surface area (Å²) in [5.74, 6) is -3.15. The highest BCUT2D eigenvalue weighted by molar-refractivity contribution is 9.09. The van der Waals surface area contributed by atoms with Crippen LogP contribution in [-0.2, 0) is 4.74 Å². The molecule has 1 aromatic rings. The Morgan fingerprint density at radius 2 is 2.24 bits per heavy atom. The van der Waals surface area contributed by atoms with Crippen LogP contribution >= 0.6 is 15.9 Å². The lowest BCUT2D eigenvalue weighted by Gasteiger charge is -2.34. The molecule has 21 heavy (non-hydrogen) atoms. The summed E-state index contributed by atoms with van der Waals surface area (Å²) in [5.41, 5.74) is -1.70. The third kappa shape index (κ3) is 3.18. The maximum absolute atomic E-state index is 14.0. The van der Waals surface area contributed by atoms with E-state index in [1.54, 1.807) is 0 Å². The number of amides is 1. The standard InChI is InChI=1S/C12H11BrF2N2O4/c13-5-8-6-21-2-1-16(8)12(18)9-3-7(14)4-10(11(9)15)17(19)20/h3-4,8H,1-2,5-6H2. The average Bonchev–Trinajstić information content (AvgIpc) is 2.48. The molecule has 1 heterocycles. The number of ether oxygens (including phenoxy) is 1. The highest BCUT2D eigenvalue weighted by Crippen LogP contribution is 2.25. The van der Waals surface area contributed by atoms with E-state index in [4.69, 9.17) is 4.74 Å². The van der Waals surface area contributed by atoms with Crippen LogP contribution in [0.5, 0.6) is 0 Å². The van der Waals surface area contributed by atoms with Crippen molar-refractivity contribution >= 4 is 27.5 Å². The third-order valence-corrected chi connectivity index (χ3v) is 3.86. The summed E-state index contributed by atoms with van der Waals surface area (Å²) in [6, 6.07) is 0.784. The van der Waals surface area contributed by atoms with Gasteiger partial charge >= 0.3 is 5.69 Å². The fourth-order valence-electron chi connectivity index (χ4n) is 2.07. The molecule has 1 amide bonds. The molecule has 0 aromatic heterocycles. The Hall–Kier alpha value is -1.61. The molecule has 0 saturated carbocycles. The number of nitro benzene ring substituents is 1. The maximum atomic E-state index is 14.0. The molecular weight excluding hydrogens is 354 g/mol. The molecule has 1 saturated heterocycles. The number of hydrogen-bond donors (Lipinski definition) is 0. The largest absolute Gasteiger partial charge is 0.377 e. The second-order valence-electron chi connectivity index (χ2n) is 4.43. The van der Waals surface area contributed by atoms with E-state index in [1.807, 2.05) is 0 Å². The fourth-order valence-corrected chi connectivity index (χ4v) is 2.60. The van der Waals surface area contributed by atoms with Crippen LogP contribution in [0, 0.1) is 21.7 Å². The van der Waals surface area contributed by atoms with Crippen molar-refractivity contribution in [2.45, 2.75) is 6.04 Å². The normalized spacial score (nSPS) is 18.6. The molecule has 1 atom stereocenters. The van der Waals surface area contributed by atoms with E-state index in [9.17, 15) is 23.7 Å². The predicted octanol–water partition coefficient (Wildman–Crippen LogP) is 2.11. The lowest BCUT2D eigenvalue weighted by atomic mass is 10.1. The zero-order valence-corrected chi connectivity index (χ0v) is 12.3. The van der Waals surface area contributed by atoms with Gasteiger partial charge in [0.05, 0.1) is 35.8 Å². The van der Waals surface area contributed by atoms with E-state index in [1.165, 1.54) is 4.90 Å². The quantitative estimate of drug-likeness (QED) is 0.467. The number of alkyl halides is 1.